The molecule has 2 aliphatic carbocycles. The van der Waals surface area contributed by atoms with E-state index in [1.165, 1.54) is 12.8 Å². The van der Waals surface area contributed by atoms with Crippen molar-refractivity contribution in [3.8, 4) is 11.6 Å². The van der Waals surface area contributed by atoms with E-state index in [2.05, 4.69) is 10.3 Å². The number of likely N-dealkylation sites (N-methyl/N-ethyl adjacent to an activating group) is 1. The number of hydrogen-bond donors (Lipinski definition) is 1. The van der Waals surface area contributed by atoms with Crippen LogP contribution in [0.5, 0.6) is 5.88 Å². The fourth-order valence-electron chi connectivity index (χ4n) is 5.05. The Labute approximate surface area is 213 Å². The van der Waals surface area contributed by atoms with Crippen LogP contribution in [-0.4, -0.2) is 63.0 Å². The molecule has 0 spiro atoms. The fourth-order valence-corrected chi connectivity index (χ4v) is 5.05. The number of aromatic nitrogens is 3. The maximum absolute atomic E-state index is 13.1. The summed E-state index contributed by atoms with van der Waals surface area (Å²) in [5.74, 6) is 0.626. The molecule has 198 valence electrons. The summed E-state index contributed by atoms with van der Waals surface area (Å²) in [6, 6.07) is 4.34. The third-order valence-electron chi connectivity index (χ3n) is 7.07. The van der Waals surface area contributed by atoms with E-state index in [4.69, 9.17) is 9.47 Å². The number of pyridine rings is 1. The van der Waals surface area contributed by atoms with Crippen molar-refractivity contribution in [3.63, 3.8) is 0 Å². The molecule has 0 radical (unpaired) electrons. The Hall–Kier alpha value is -2.81. The van der Waals surface area contributed by atoms with Crippen molar-refractivity contribution in [2.75, 3.05) is 20.1 Å². The first kappa shape index (κ1) is 26.3. The quantitative estimate of drug-likeness (QED) is 0.583. The van der Waals surface area contributed by atoms with Gasteiger partial charge in [0.2, 0.25) is 5.88 Å². The van der Waals surface area contributed by atoms with Gasteiger partial charge in [-0.05, 0) is 78.2 Å². The van der Waals surface area contributed by atoms with Gasteiger partial charge in [0.15, 0.2) is 0 Å². The van der Waals surface area contributed by atoms with E-state index in [0.717, 1.165) is 50.8 Å². The van der Waals surface area contributed by atoms with Gasteiger partial charge in [-0.3, -0.25) is 9.13 Å². The number of rotatable bonds is 8. The first-order valence-electron chi connectivity index (χ1n) is 13.3. The summed E-state index contributed by atoms with van der Waals surface area (Å²) in [6.45, 7) is 6.92. The molecule has 2 fully saturated rings. The first-order chi connectivity index (χ1) is 17.2. The summed E-state index contributed by atoms with van der Waals surface area (Å²) in [7, 11) is 1.76. The molecule has 9 heteroatoms. The van der Waals surface area contributed by atoms with Gasteiger partial charge < -0.3 is 19.7 Å². The van der Waals surface area contributed by atoms with Gasteiger partial charge in [0, 0.05) is 50.7 Å². The van der Waals surface area contributed by atoms with E-state index < -0.39 is 5.60 Å². The number of ether oxygens (including phenoxy) is 2. The van der Waals surface area contributed by atoms with Gasteiger partial charge in [-0.25, -0.2) is 14.6 Å². The molecular weight excluding hydrogens is 458 g/mol. The lowest BCUT2D eigenvalue weighted by Gasteiger charge is -2.30. The number of amides is 1. The van der Waals surface area contributed by atoms with Crippen molar-refractivity contribution in [2.45, 2.75) is 95.9 Å². The van der Waals surface area contributed by atoms with Crippen molar-refractivity contribution in [1.29, 1.82) is 0 Å². The summed E-state index contributed by atoms with van der Waals surface area (Å²) >= 11 is 0. The predicted octanol–water partition coefficient (Wildman–Crippen LogP) is 4.30. The molecule has 2 heterocycles. The molecule has 0 bridgehead atoms. The Morgan fingerprint density at radius 1 is 1.11 bits per heavy atom. The van der Waals surface area contributed by atoms with Crippen LogP contribution in [0.4, 0.5) is 4.79 Å². The second-order valence-electron chi connectivity index (χ2n) is 11.1. The number of imidazole rings is 1. The lowest BCUT2D eigenvalue weighted by atomic mass is 9.91. The SMILES string of the molecule is CN(CCNC1CCC(n2ccn(-c3ccc(OC4CCCC4)nc3)c2=O)CC1)C(=O)OC(C)(C)C. The lowest BCUT2D eigenvalue weighted by molar-refractivity contribution is 0.0298. The van der Waals surface area contributed by atoms with E-state index in [0.29, 0.717) is 18.5 Å². The first-order valence-corrected chi connectivity index (χ1v) is 13.3. The van der Waals surface area contributed by atoms with E-state index >= 15 is 0 Å². The number of hydrogen-bond acceptors (Lipinski definition) is 6. The monoisotopic (exact) mass is 499 g/mol. The predicted molar refractivity (Wildman–Crippen MR) is 139 cm³/mol. The fraction of sp³-hybridized carbons (Fsp3) is 0.667. The van der Waals surface area contributed by atoms with Gasteiger partial charge >= 0.3 is 11.8 Å². The molecule has 1 amide bonds. The highest BCUT2D eigenvalue weighted by Gasteiger charge is 2.25. The summed E-state index contributed by atoms with van der Waals surface area (Å²) in [5, 5.41) is 3.56. The molecule has 36 heavy (non-hydrogen) atoms. The van der Waals surface area contributed by atoms with Gasteiger partial charge in [-0.1, -0.05) is 0 Å². The molecule has 2 aromatic heterocycles. The third-order valence-corrected chi connectivity index (χ3v) is 7.07. The molecule has 4 rings (SSSR count). The van der Waals surface area contributed by atoms with Crippen LogP contribution in [0.15, 0.2) is 35.5 Å². The Morgan fingerprint density at radius 2 is 1.83 bits per heavy atom. The van der Waals surface area contributed by atoms with Crippen LogP contribution in [-0.2, 0) is 4.74 Å². The Bertz CT molecular complexity index is 1040. The van der Waals surface area contributed by atoms with Crippen molar-refractivity contribution in [3.05, 3.63) is 41.2 Å². The van der Waals surface area contributed by atoms with Crippen LogP contribution in [0, 0.1) is 0 Å². The van der Waals surface area contributed by atoms with Crippen LogP contribution in [0.3, 0.4) is 0 Å². The van der Waals surface area contributed by atoms with Gasteiger partial charge in [0.1, 0.15) is 11.7 Å². The van der Waals surface area contributed by atoms with Crippen molar-refractivity contribution in [1.82, 2.24) is 24.3 Å². The molecule has 0 aromatic carbocycles. The molecular formula is C27H41N5O4. The zero-order chi connectivity index (χ0) is 25.7. The van der Waals surface area contributed by atoms with Crippen LogP contribution in [0.1, 0.15) is 78.2 Å². The summed E-state index contributed by atoms with van der Waals surface area (Å²) in [4.78, 5) is 31.3. The van der Waals surface area contributed by atoms with Crippen LogP contribution in [0.2, 0.25) is 0 Å². The van der Waals surface area contributed by atoms with Gasteiger partial charge in [-0.2, -0.15) is 0 Å². The summed E-state index contributed by atoms with van der Waals surface area (Å²) in [5.41, 5.74) is 0.232. The van der Waals surface area contributed by atoms with E-state index in [1.54, 1.807) is 22.7 Å². The minimum absolute atomic E-state index is 0.0309. The van der Waals surface area contributed by atoms with Crippen LogP contribution < -0.4 is 15.7 Å². The molecule has 0 atom stereocenters. The minimum atomic E-state index is -0.489. The smallest absolute Gasteiger partial charge is 0.410 e. The normalized spacial score (nSPS) is 20.9. The highest BCUT2D eigenvalue weighted by molar-refractivity contribution is 5.67. The largest absolute Gasteiger partial charge is 0.474 e. The highest BCUT2D eigenvalue weighted by Crippen LogP contribution is 2.28. The van der Waals surface area contributed by atoms with E-state index in [1.807, 2.05) is 49.9 Å². The second kappa shape index (κ2) is 11.5. The van der Waals surface area contributed by atoms with Crippen LogP contribution >= 0.6 is 0 Å². The Kier molecular flexibility index (Phi) is 8.39. The lowest BCUT2D eigenvalue weighted by Crippen LogP contribution is -2.41. The molecule has 0 saturated heterocycles. The highest BCUT2D eigenvalue weighted by atomic mass is 16.6. The molecule has 2 aliphatic rings. The Balaban J connectivity index is 1.24. The van der Waals surface area contributed by atoms with Gasteiger partial charge in [0.25, 0.3) is 0 Å². The molecule has 2 saturated carbocycles. The van der Waals surface area contributed by atoms with Crippen LogP contribution in [0.25, 0.3) is 5.69 Å². The number of carbonyl (C=O) groups is 1. The van der Waals surface area contributed by atoms with E-state index in [-0.39, 0.29) is 23.9 Å². The molecule has 2 aromatic rings. The maximum Gasteiger partial charge on any atom is 0.410 e. The average Bonchev–Trinajstić information content (AvgIpc) is 3.49. The topological polar surface area (TPSA) is 90.6 Å². The minimum Gasteiger partial charge on any atom is -0.474 e. The van der Waals surface area contributed by atoms with Crippen molar-refractivity contribution in [2.24, 2.45) is 0 Å². The number of nitrogens with one attached hydrogen (secondary N) is 1. The van der Waals surface area contributed by atoms with Crippen molar-refractivity contribution >= 4 is 6.09 Å². The molecule has 9 nitrogen and oxygen atoms in total. The zero-order valence-corrected chi connectivity index (χ0v) is 22.1. The number of nitrogens with zero attached hydrogens (tertiary/aromatic N) is 4. The standard InChI is InChI=1S/C27H41N5O4/c1-27(2,3)36-26(34)30(4)16-15-28-20-9-11-21(12-10-20)31-17-18-32(25(31)33)22-13-14-24(29-19-22)35-23-7-5-6-8-23/h13-14,17-21,23,28H,5-12,15-16H2,1-4H3. The second-order valence-corrected chi connectivity index (χ2v) is 11.1. The molecule has 0 unspecified atom stereocenters. The summed E-state index contributed by atoms with van der Waals surface area (Å²) in [6.07, 6.45) is 13.9. The number of carbonyl (C=O) groups excluding carboxylic acids is 1. The van der Waals surface area contributed by atoms with Gasteiger partial charge in [-0.15, -0.1) is 0 Å². The van der Waals surface area contributed by atoms with E-state index in [9.17, 15) is 9.59 Å². The summed E-state index contributed by atoms with van der Waals surface area (Å²) < 4.78 is 14.9. The van der Waals surface area contributed by atoms with Crippen molar-refractivity contribution < 1.29 is 14.3 Å². The average molecular weight is 500 g/mol. The molecule has 1 N–H and O–H groups in total. The van der Waals surface area contributed by atoms with Gasteiger partial charge in [0.05, 0.1) is 11.9 Å². The zero-order valence-electron chi connectivity index (χ0n) is 22.1. The molecule has 0 aliphatic heterocycles. The maximum atomic E-state index is 13.1. The Morgan fingerprint density at radius 3 is 2.47 bits per heavy atom. The third kappa shape index (κ3) is 6.90.